The summed E-state index contributed by atoms with van der Waals surface area (Å²) in [6.45, 7) is 6.87. The van der Waals surface area contributed by atoms with Crippen LogP contribution in [0.3, 0.4) is 0 Å². The lowest BCUT2D eigenvalue weighted by Crippen LogP contribution is -2.45. The zero-order valence-electron chi connectivity index (χ0n) is 12.7. The molecule has 0 spiro atoms. The molecule has 21 heavy (non-hydrogen) atoms. The lowest BCUT2D eigenvalue weighted by atomic mass is 10.2. The standard InChI is InChI=1S/C14H23N5O2/c1-10-12(15)13(17(2)16-10)14(20)19-4-3-11(9-19)18-5-7-21-8-6-18/h11H,3-9,15H2,1-2H3. The van der Waals surface area contributed by atoms with E-state index in [2.05, 4.69) is 10.00 Å². The van der Waals surface area contributed by atoms with Gasteiger partial charge in [-0.05, 0) is 13.3 Å². The second-order valence-electron chi connectivity index (χ2n) is 5.81. The van der Waals surface area contributed by atoms with Crippen LogP contribution in [0.1, 0.15) is 22.6 Å². The molecule has 2 saturated heterocycles. The van der Waals surface area contributed by atoms with Gasteiger partial charge < -0.3 is 15.4 Å². The van der Waals surface area contributed by atoms with Crippen LogP contribution in [0, 0.1) is 6.92 Å². The molecule has 1 aromatic rings. The maximum atomic E-state index is 12.7. The van der Waals surface area contributed by atoms with Crippen molar-refractivity contribution >= 4 is 11.6 Å². The molecule has 2 aliphatic rings. The van der Waals surface area contributed by atoms with Gasteiger partial charge in [-0.3, -0.25) is 14.4 Å². The summed E-state index contributed by atoms with van der Waals surface area (Å²) >= 11 is 0. The van der Waals surface area contributed by atoms with Crippen molar-refractivity contribution in [2.75, 3.05) is 45.1 Å². The highest BCUT2D eigenvalue weighted by molar-refractivity contribution is 5.98. The van der Waals surface area contributed by atoms with Gasteiger partial charge in [-0.2, -0.15) is 5.10 Å². The highest BCUT2D eigenvalue weighted by Crippen LogP contribution is 2.22. The Bertz CT molecular complexity index is 536. The van der Waals surface area contributed by atoms with Crippen LogP contribution in [-0.4, -0.2) is 70.9 Å². The first-order valence-electron chi connectivity index (χ1n) is 7.48. The minimum atomic E-state index is -0.00800. The van der Waals surface area contributed by atoms with Crippen LogP contribution in [0.2, 0.25) is 0 Å². The summed E-state index contributed by atoms with van der Waals surface area (Å²) in [4.78, 5) is 17.0. The van der Waals surface area contributed by atoms with Crippen molar-refractivity contribution < 1.29 is 9.53 Å². The van der Waals surface area contributed by atoms with E-state index in [1.807, 2.05) is 11.8 Å². The van der Waals surface area contributed by atoms with Crippen LogP contribution in [0.15, 0.2) is 0 Å². The molecule has 1 atom stereocenters. The van der Waals surface area contributed by atoms with Gasteiger partial charge in [0, 0.05) is 39.3 Å². The first-order chi connectivity index (χ1) is 10.1. The smallest absolute Gasteiger partial charge is 0.274 e. The van der Waals surface area contributed by atoms with E-state index in [0.29, 0.717) is 23.1 Å². The van der Waals surface area contributed by atoms with Crippen LogP contribution in [0.4, 0.5) is 5.69 Å². The minimum absolute atomic E-state index is 0.00800. The Morgan fingerprint density at radius 2 is 2.05 bits per heavy atom. The molecule has 1 unspecified atom stereocenters. The molecule has 0 bridgehead atoms. The third kappa shape index (κ3) is 2.63. The van der Waals surface area contributed by atoms with Crippen molar-refractivity contribution in [1.29, 1.82) is 0 Å². The van der Waals surface area contributed by atoms with E-state index < -0.39 is 0 Å². The van der Waals surface area contributed by atoms with E-state index in [1.54, 1.807) is 11.7 Å². The summed E-state index contributed by atoms with van der Waals surface area (Å²) in [5, 5.41) is 4.23. The maximum Gasteiger partial charge on any atom is 0.274 e. The van der Waals surface area contributed by atoms with Gasteiger partial charge in [0.2, 0.25) is 0 Å². The van der Waals surface area contributed by atoms with Gasteiger partial charge in [-0.15, -0.1) is 0 Å². The molecule has 0 radical (unpaired) electrons. The van der Waals surface area contributed by atoms with Crippen LogP contribution in [-0.2, 0) is 11.8 Å². The molecule has 0 aromatic carbocycles. The van der Waals surface area contributed by atoms with Gasteiger partial charge in [0.15, 0.2) is 0 Å². The highest BCUT2D eigenvalue weighted by Gasteiger charge is 2.33. The Morgan fingerprint density at radius 3 is 2.67 bits per heavy atom. The van der Waals surface area contributed by atoms with E-state index >= 15 is 0 Å². The number of hydrogen-bond acceptors (Lipinski definition) is 5. The fourth-order valence-electron chi connectivity index (χ4n) is 3.24. The molecular weight excluding hydrogens is 270 g/mol. The van der Waals surface area contributed by atoms with Gasteiger partial charge in [0.1, 0.15) is 5.69 Å². The number of rotatable bonds is 2. The molecule has 2 aliphatic heterocycles. The van der Waals surface area contributed by atoms with Crippen molar-refractivity contribution in [3.05, 3.63) is 11.4 Å². The summed E-state index contributed by atoms with van der Waals surface area (Å²) in [5.74, 6) is -0.00800. The fraction of sp³-hybridized carbons (Fsp3) is 0.714. The van der Waals surface area contributed by atoms with Crippen LogP contribution in [0.5, 0.6) is 0 Å². The van der Waals surface area contributed by atoms with Crippen LogP contribution < -0.4 is 5.73 Å². The summed E-state index contributed by atoms with van der Waals surface area (Å²) in [6, 6.07) is 0.438. The molecule has 0 saturated carbocycles. The molecule has 7 heteroatoms. The molecule has 3 rings (SSSR count). The summed E-state index contributed by atoms with van der Waals surface area (Å²) in [7, 11) is 1.77. The number of aryl methyl sites for hydroxylation is 2. The van der Waals surface area contributed by atoms with Crippen molar-refractivity contribution in [1.82, 2.24) is 19.6 Å². The topological polar surface area (TPSA) is 76.6 Å². The van der Waals surface area contributed by atoms with Crippen LogP contribution >= 0.6 is 0 Å². The average molecular weight is 293 g/mol. The predicted molar refractivity (Wildman–Crippen MR) is 79.1 cm³/mol. The molecule has 116 valence electrons. The van der Waals surface area contributed by atoms with Gasteiger partial charge in [0.25, 0.3) is 5.91 Å². The minimum Gasteiger partial charge on any atom is -0.395 e. The quantitative estimate of drug-likeness (QED) is 0.821. The van der Waals surface area contributed by atoms with E-state index in [9.17, 15) is 4.79 Å². The third-order valence-corrected chi connectivity index (χ3v) is 4.48. The Kier molecular flexibility index (Phi) is 3.86. The van der Waals surface area contributed by atoms with Crippen molar-refractivity contribution in [3.8, 4) is 0 Å². The Labute approximate surface area is 124 Å². The summed E-state index contributed by atoms with van der Waals surface area (Å²) in [5.41, 5.74) is 7.71. The van der Waals surface area contributed by atoms with E-state index in [-0.39, 0.29) is 5.91 Å². The molecule has 1 amide bonds. The number of morpholine rings is 1. The lowest BCUT2D eigenvalue weighted by molar-refractivity contribution is 0.0185. The number of amides is 1. The summed E-state index contributed by atoms with van der Waals surface area (Å²) < 4.78 is 6.98. The number of nitrogens with two attached hydrogens (primary N) is 1. The Morgan fingerprint density at radius 1 is 1.33 bits per heavy atom. The largest absolute Gasteiger partial charge is 0.395 e. The Balaban J connectivity index is 1.69. The van der Waals surface area contributed by atoms with Crippen molar-refractivity contribution in [3.63, 3.8) is 0 Å². The monoisotopic (exact) mass is 293 g/mol. The number of nitrogen functional groups attached to an aromatic ring is 1. The molecule has 0 aliphatic carbocycles. The van der Waals surface area contributed by atoms with Crippen molar-refractivity contribution in [2.45, 2.75) is 19.4 Å². The number of carbonyl (C=O) groups excluding carboxylic acids is 1. The lowest BCUT2D eigenvalue weighted by Gasteiger charge is -2.32. The number of anilines is 1. The zero-order chi connectivity index (χ0) is 15.0. The average Bonchev–Trinajstić information content (AvgIpc) is 3.06. The van der Waals surface area contributed by atoms with E-state index in [4.69, 9.17) is 10.5 Å². The van der Waals surface area contributed by atoms with E-state index in [0.717, 1.165) is 45.8 Å². The second kappa shape index (κ2) is 5.65. The fourth-order valence-corrected chi connectivity index (χ4v) is 3.24. The SMILES string of the molecule is Cc1nn(C)c(C(=O)N2CCC(N3CCOCC3)C2)c1N. The number of carbonyl (C=O) groups is 1. The molecule has 2 N–H and O–H groups in total. The number of aromatic nitrogens is 2. The molecular formula is C14H23N5O2. The maximum absolute atomic E-state index is 12.7. The normalized spacial score (nSPS) is 23.7. The van der Waals surface area contributed by atoms with Gasteiger partial charge >= 0.3 is 0 Å². The predicted octanol–water partition coefficient (Wildman–Crippen LogP) is -0.143. The number of likely N-dealkylation sites (tertiary alicyclic amines) is 1. The third-order valence-electron chi connectivity index (χ3n) is 4.48. The van der Waals surface area contributed by atoms with E-state index in [1.165, 1.54) is 0 Å². The number of hydrogen-bond donors (Lipinski definition) is 1. The molecule has 1 aromatic heterocycles. The molecule has 2 fully saturated rings. The first kappa shape index (κ1) is 14.3. The number of ether oxygens (including phenoxy) is 1. The van der Waals surface area contributed by atoms with Gasteiger partial charge in [-0.25, -0.2) is 0 Å². The van der Waals surface area contributed by atoms with Crippen LogP contribution in [0.25, 0.3) is 0 Å². The van der Waals surface area contributed by atoms with Crippen molar-refractivity contribution in [2.24, 2.45) is 7.05 Å². The highest BCUT2D eigenvalue weighted by atomic mass is 16.5. The number of nitrogens with zero attached hydrogens (tertiary/aromatic N) is 4. The van der Waals surface area contributed by atoms with Gasteiger partial charge in [0.05, 0.1) is 24.6 Å². The molecule has 3 heterocycles. The van der Waals surface area contributed by atoms with Gasteiger partial charge in [-0.1, -0.05) is 0 Å². The summed E-state index contributed by atoms with van der Waals surface area (Å²) in [6.07, 6.45) is 1.02. The Hall–Kier alpha value is -1.60. The second-order valence-corrected chi connectivity index (χ2v) is 5.81. The zero-order valence-corrected chi connectivity index (χ0v) is 12.7. The first-order valence-corrected chi connectivity index (χ1v) is 7.48. The molecule has 7 nitrogen and oxygen atoms in total.